The Kier molecular flexibility index (Phi) is 14.1. The summed E-state index contributed by atoms with van der Waals surface area (Å²) in [5.41, 5.74) is 0.845. The topological polar surface area (TPSA) is 164 Å². The van der Waals surface area contributed by atoms with Crippen molar-refractivity contribution < 1.29 is 39.6 Å². The Hall–Kier alpha value is -2.46. The Morgan fingerprint density at radius 1 is 1.00 bits per heavy atom. The third-order valence-electron chi connectivity index (χ3n) is 4.54. The van der Waals surface area contributed by atoms with Crippen molar-refractivity contribution in [3.8, 4) is 0 Å². The van der Waals surface area contributed by atoms with Gasteiger partial charge >= 0.3 is 17.9 Å². The number of rotatable bonds is 17. The minimum absolute atomic E-state index is 0.0646. The van der Waals surface area contributed by atoms with Gasteiger partial charge in [-0.15, -0.1) is 0 Å². The van der Waals surface area contributed by atoms with E-state index in [1.165, 1.54) is 0 Å². The van der Waals surface area contributed by atoms with Gasteiger partial charge in [-0.25, -0.2) is 0 Å². The largest absolute Gasteiger partial charge is 0.480 e. The third-order valence-corrected chi connectivity index (χ3v) is 4.54. The number of carboxylic acids is 3. The summed E-state index contributed by atoms with van der Waals surface area (Å²) >= 11 is 0. The molecule has 1 amide bonds. The highest BCUT2D eigenvalue weighted by Crippen LogP contribution is 2.14. The molecule has 0 rings (SSSR count). The maximum absolute atomic E-state index is 12.0. The molecule has 0 bridgehead atoms. The molecular formula is C20H34N2O8. The zero-order valence-electron chi connectivity index (χ0n) is 17.7. The van der Waals surface area contributed by atoms with E-state index >= 15 is 0 Å². The SMILES string of the molecule is C/C=C(\CC(=O)NCCCCC(C(=O)O)N(CC(=O)O)CC(=O)O)C[C@@H](O)CCC. The second kappa shape index (κ2) is 15.4. The molecule has 0 aliphatic heterocycles. The molecule has 0 spiro atoms. The Balaban J connectivity index is 4.45. The van der Waals surface area contributed by atoms with E-state index in [9.17, 15) is 29.4 Å². The molecule has 30 heavy (non-hydrogen) atoms. The predicted octanol–water partition coefficient (Wildman–Crippen LogP) is 1.08. The number of unbranched alkanes of at least 4 members (excludes halogenated alkanes) is 1. The molecule has 0 aliphatic rings. The second-order valence-corrected chi connectivity index (χ2v) is 7.16. The molecular weight excluding hydrogens is 396 g/mol. The quantitative estimate of drug-likeness (QED) is 0.168. The van der Waals surface area contributed by atoms with Crippen LogP contribution in [0.4, 0.5) is 0 Å². The molecule has 2 atom stereocenters. The lowest BCUT2D eigenvalue weighted by Crippen LogP contribution is -2.46. The lowest BCUT2D eigenvalue weighted by atomic mass is 10.0. The molecule has 0 saturated heterocycles. The highest BCUT2D eigenvalue weighted by Gasteiger charge is 2.28. The third kappa shape index (κ3) is 12.9. The minimum atomic E-state index is -1.31. The lowest BCUT2D eigenvalue weighted by molar-refractivity contribution is -0.149. The molecule has 0 radical (unpaired) electrons. The van der Waals surface area contributed by atoms with Crippen molar-refractivity contribution in [3.05, 3.63) is 11.6 Å². The summed E-state index contributed by atoms with van der Waals surface area (Å²) in [6.07, 6.45) is 4.40. The van der Waals surface area contributed by atoms with Crippen LogP contribution in [0.3, 0.4) is 0 Å². The van der Waals surface area contributed by atoms with E-state index in [1.807, 2.05) is 19.9 Å². The Morgan fingerprint density at radius 2 is 1.60 bits per heavy atom. The van der Waals surface area contributed by atoms with E-state index in [4.69, 9.17) is 10.2 Å². The molecule has 0 heterocycles. The maximum atomic E-state index is 12.0. The van der Waals surface area contributed by atoms with Gasteiger partial charge in [-0.05, 0) is 39.0 Å². The van der Waals surface area contributed by atoms with Crippen LogP contribution in [0, 0.1) is 0 Å². The number of amides is 1. The highest BCUT2D eigenvalue weighted by atomic mass is 16.4. The number of aliphatic hydroxyl groups excluding tert-OH is 1. The van der Waals surface area contributed by atoms with Crippen molar-refractivity contribution >= 4 is 23.8 Å². The number of carbonyl (C=O) groups excluding carboxylic acids is 1. The van der Waals surface area contributed by atoms with E-state index < -0.39 is 43.1 Å². The van der Waals surface area contributed by atoms with Gasteiger partial charge in [0.15, 0.2) is 0 Å². The molecule has 172 valence electrons. The van der Waals surface area contributed by atoms with Gasteiger partial charge in [0.2, 0.25) is 5.91 Å². The average molecular weight is 430 g/mol. The first-order valence-electron chi connectivity index (χ1n) is 10.1. The fourth-order valence-corrected chi connectivity index (χ4v) is 3.08. The standard InChI is InChI=1S/C20H34N2O8/c1-3-7-15(23)10-14(4-2)11-17(24)21-9-6-5-8-16(20(29)30)22(12-18(25)26)13-19(27)28/h4,15-16,23H,3,5-13H2,1-2H3,(H,21,24)(H,25,26)(H,27,28)(H,29,30)/b14-4-/t15-,16?/m0/s1. The summed E-state index contributed by atoms with van der Waals surface area (Å²) in [6, 6.07) is -1.23. The number of carboxylic acid groups (broad SMARTS) is 3. The van der Waals surface area contributed by atoms with Gasteiger partial charge in [-0.2, -0.15) is 0 Å². The second-order valence-electron chi connectivity index (χ2n) is 7.16. The van der Waals surface area contributed by atoms with Gasteiger partial charge in [0.1, 0.15) is 6.04 Å². The van der Waals surface area contributed by atoms with Crippen LogP contribution in [0.2, 0.25) is 0 Å². The van der Waals surface area contributed by atoms with Gasteiger partial charge in [-0.3, -0.25) is 24.1 Å². The summed E-state index contributed by atoms with van der Waals surface area (Å²) in [4.78, 5) is 46.2. The van der Waals surface area contributed by atoms with Crippen LogP contribution in [0.25, 0.3) is 0 Å². The number of carbonyl (C=O) groups is 4. The van der Waals surface area contributed by atoms with Crippen molar-refractivity contribution in [2.24, 2.45) is 0 Å². The van der Waals surface area contributed by atoms with Crippen molar-refractivity contribution in [1.82, 2.24) is 10.2 Å². The molecule has 0 aliphatic carbocycles. The van der Waals surface area contributed by atoms with Crippen LogP contribution >= 0.6 is 0 Å². The monoisotopic (exact) mass is 430 g/mol. The average Bonchev–Trinajstić information content (AvgIpc) is 2.62. The van der Waals surface area contributed by atoms with Crippen molar-refractivity contribution in [1.29, 1.82) is 0 Å². The first-order chi connectivity index (χ1) is 14.1. The summed E-state index contributed by atoms with van der Waals surface area (Å²) in [5, 5.41) is 39.7. The predicted molar refractivity (Wildman–Crippen MR) is 109 cm³/mol. The van der Waals surface area contributed by atoms with Crippen LogP contribution in [0.15, 0.2) is 11.6 Å². The Morgan fingerprint density at radius 3 is 2.07 bits per heavy atom. The lowest BCUT2D eigenvalue weighted by Gasteiger charge is -2.25. The van der Waals surface area contributed by atoms with Crippen molar-refractivity contribution in [2.45, 2.75) is 70.9 Å². The molecule has 0 saturated carbocycles. The van der Waals surface area contributed by atoms with Crippen LogP contribution in [-0.2, 0) is 19.2 Å². The van der Waals surface area contributed by atoms with Crippen LogP contribution in [0.5, 0.6) is 0 Å². The van der Waals surface area contributed by atoms with E-state index in [0.29, 0.717) is 32.2 Å². The zero-order chi connectivity index (χ0) is 23.1. The zero-order valence-corrected chi connectivity index (χ0v) is 17.7. The number of nitrogens with zero attached hydrogens (tertiary/aromatic N) is 1. The number of nitrogens with one attached hydrogen (secondary N) is 1. The number of allylic oxidation sites excluding steroid dienone is 1. The number of hydrogen-bond donors (Lipinski definition) is 5. The molecule has 1 unspecified atom stereocenters. The molecule has 10 nitrogen and oxygen atoms in total. The van der Waals surface area contributed by atoms with Crippen molar-refractivity contribution in [2.75, 3.05) is 19.6 Å². The van der Waals surface area contributed by atoms with E-state index in [-0.39, 0.29) is 18.7 Å². The van der Waals surface area contributed by atoms with Crippen LogP contribution in [0.1, 0.15) is 58.8 Å². The first-order valence-corrected chi connectivity index (χ1v) is 10.1. The Labute approximate surface area is 176 Å². The molecule has 0 aromatic heterocycles. The fourth-order valence-electron chi connectivity index (χ4n) is 3.08. The van der Waals surface area contributed by atoms with Crippen LogP contribution in [-0.4, -0.2) is 80.9 Å². The molecule has 10 heteroatoms. The summed E-state index contributed by atoms with van der Waals surface area (Å²) in [6.45, 7) is 2.74. The molecule has 5 N–H and O–H groups in total. The molecule has 0 aromatic rings. The summed E-state index contributed by atoms with van der Waals surface area (Å²) < 4.78 is 0. The first kappa shape index (κ1) is 27.5. The van der Waals surface area contributed by atoms with E-state index in [2.05, 4.69) is 5.32 Å². The summed E-state index contributed by atoms with van der Waals surface area (Å²) in [5.74, 6) is -4.10. The minimum Gasteiger partial charge on any atom is -0.480 e. The van der Waals surface area contributed by atoms with E-state index in [1.54, 1.807) is 0 Å². The maximum Gasteiger partial charge on any atom is 0.320 e. The normalized spacial score (nSPS) is 13.7. The fraction of sp³-hybridized carbons (Fsp3) is 0.700. The van der Waals surface area contributed by atoms with Crippen LogP contribution < -0.4 is 5.32 Å². The van der Waals surface area contributed by atoms with E-state index in [0.717, 1.165) is 16.9 Å². The summed E-state index contributed by atoms with van der Waals surface area (Å²) in [7, 11) is 0. The molecule has 0 aromatic carbocycles. The van der Waals surface area contributed by atoms with Gasteiger partial charge < -0.3 is 25.7 Å². The van der Waals surface area contributed by atoms with Gasteiger partial charge in [-0.1, -0.05) is 25.0 Å². The Bertz CT molecular complexity index is 590. The van der Waals surface area contributed by atoms with Gasteiger partial charge in [0.25, 0.3) is 0 Å². The highest BCUT2D eigenvalue weighted by molar-refractivity contribution is 5.78. The number of hydrogen-bond acceptors (Lipinski definition) is 6. The van der Waals surface area contributed by atoms with Gasteiger partial charge in [0.05, 0.1) is 19.2 Å². The van der Waals surface area contributed by atoms with Crippen molar-refractivity contribution in [3.63, 3.8) is 0 Å². The number of aliphatic carboxylic acids is 3. The molecule has 0 fully saturated rings. The smallest absolute Gasteiger partial charge is 0.320 e. The van der Waals surface area contributed by atoms with Gasteiger partial charge in [0, 0.05) is 13.0 Å². The number of aliphatic hydroxyl groups is 1.